The molecule has 0 bridgehead atoms. The highest BCUT2D eigenvalue weighted by molar-refractivity contribution is 8.18. The van der Waals surface area contributed by atoms with Gasteiger partial charge in [0.05, 0.1) is 11.5 Å². The Morgan fingerprint density at radius 3 is 2.53 bits per heavy atom. The quantitative estimate of drug-likeness (QED) is 0.474. The maximum absolute atomic E-state index is 13.1. The Bertz CT molecular complexity index is 1260. The number of nitrogens with zero attached hydrogens (tertiary/aromatic N) is 1. The van der Waals surface area contributed by atoms with Crippen molar-refractivity contribution in [2.75, 3.05) is 6.61 Å². The molecule has 0 unspecified atom stereocenters. The smallest absolute Gasteiger partial charge is 0.279 e. The first kappa shape index (κ1) is 23.3. The number of nitrogens with one attached hydrogen (secondary N) is 1. The summed E-state index contributed by atoms with van der Waals surface area (Å²) in [6, 6.07) is 20.1. The van der Waals surface area contributed by atoms with E-state index in [2.05, 4.69) is 10.3 Å². The van der Waals surface area contributed by atoms with Crippen LogP contribution in [-0.4, -0.2) is 23.6 Å². The van der Waals surface area contributed by atoms with Crippen molar-refractivity contribution in [1.29, 1.82) is 0 Å². The maximum atomic E-state index is 13.1. The fourth-order valence-corrected chi connectivity index (χ4v) is 3.93. The Kier molecular flexibility index (Phi) is 7.39. The molecule has 6 nitrogen and oxygen atoms in total. The minimum absolute atomic E-state index is 0.231. The molecule has 0 spiro atoms. The number of amides is 2. The molecular weight excluding hydrogens is 455 g/mol. The second-order valence-corrected chi connectivity index (χ2v) is 8.24. The highest BCUT2D eigenvalue weighted by atomic mass is 32.2. The number of thioether (sulfide) groups is 1. The third kappa shape index (κ3) is 5.90. The van der Waals surface area contributed by atoms with Crippen LogP contribution in [-0.2, 0) is 11.4 Å². The van der Waals surface area contributed by atoms with Gasteiger partial charge in [0, 0.05) is 5.56 Å². The van der Waals surface area contributed by atoms with E-state index in [-0.39, 0.29) is 23.5 Å². The van der Waals surface area contributed by atoms with E-state index >= 15 is 0 Å². The van der Waals surface area contributed by atoms with E-state index in [1.807, 2.05) is 13.0 Å². The van der Waals surface area contributed by atoms with Crippen LogP contribution in [0, 0.1) is 5.82 Å². The lowest BCUT2D eigenvalue weighted by atomic mass is 10.2. The van der Waals surface area contributed by atoms with Crippen LogP contribution < -0.4 is 14.8 Å². The minimum Gasteiger partial charge on any atom is -0.490 e. The van der Waals surface area contributed by atoms with Crippen LogP contribution in [0.15, 0.2) is 82.7 Å². The van der Waals surface area contributed by atoms with E-state index in [0.717, 1.165) is 22.9 Å². The molecule has 34 heavy (non-hydrogen) atoms. The number of rotatable bonds is 7. The number of amidine groups is 1. The highest BCUT2D eigenvalue weighted by Gasteiger charge is 2.25. The van der Waals surface area contributed by atoms with Crippen LogP contribution >= 0.6 is 11.8 Å². The zero-order chi connectivity index (χ0) is 23.9. The SMILES string of the molecule is CCOc1cc(/C=C2\SC(=NC(=O)c3ccccc3)NC2=O)ccc1OCc1ccc(F)cc1. The van der Waals surface area contributed by atoms with E-state index in [1.54, 1.807) is 60.7 Å². The summed E-state index contributed by atoms with van der Waals surface area (Å²) in [6.45, 7) is 2.55. The Labute approximate surface area is 200 Å². The van der Waals surface area contributed by atoms with Gasteiger partial charge in [-0.2, -0.15) is 4.99 Å². The molecule has 0 aliphatic carbocycles. The van der Waals surface area contributed by atoms with Crippen LogP contribution in [0.4, 0.5) is 4.39 Å². The molecular formula is C26H21FN2O4S. The van der Waals surface area contributed by atoms with Gasteiger partial charge in [0.2, 0.25) is 0 Å². The fourth-order valence-electron chi connectivity index (χ4n) is 3.11. The third-order valence-electron chi connectivity index (χ3n) is 4.75. The van der Waals surface area contributed by atoms with Crippen molar-refractivity contribution in [3.05, 3.63) is 100 Å². The lowest BCUT2D eigenvalue weighted by Crippen LogP contribution is -2.20. The molecule has 1 fully saturated rings. The summed E-state index contributed by atoms with van der Waals surface area (Å²) in [4.78, 5) is 29.1. The summed E-state index contributed by atoms with van der Waals surface area (Å²) in [5.41, 5.74) is 2.00. The number of carbonyl (C=O) groups is 2. The van der Waals surface area contributed by atoms with E-state index in [9.17, 15) is 14.0 Å². The van der Waals surface area contributed by atoms with Gasteiger partial charge < -0.3 is 14.8 Å². The highest BCUT2D eigenvalue weighted by Crippen LogP contribution is 2.32. The standard InChI is InChI=1S/C26H21FN2O4S/c1-2-32-22-14-18(10-13-21(22)33-16-17-8-11-20(27)12-9-17)15-23-25(31)29-26(34-23)28-24(30)19-6-4-3-5-7-19/h3-15H,2,16H2,1H3,(H,28,29,30,31)/b23-15-. The molecule has 0 aromatic heterocycles. The first-order valence-corrected chi connectivity index (χ1v) is 11.4. The number of carbonyl (C=O) groups excluding carboxylic acids is 2. The van der Waals surface area contributed by atoms with Gasteiger partial charge in [0.15, 0.2) is 16.7 Å². The normalized spacial score (nSPS) is 15.4. The Balaban J connectivity index is 1.48. The van der Waals surface area contributed by atoms with E-state index < -0.39 is 5.91 Å². The van der Waals surface area contributed by atoms with Gasteiger partial charge in [-0.15, -0.1) is 0 Å². The van der Waals surface area contributed by atoms with E-state index in [0.29, 0.717) is 28.6 Å². The second-order valence-electron chi connectivity index (χ2n) is 7.21. The maximum Gasteiger partial charge on any atom is 0.279 e. The lowest BCUT2D eigenvalue weighted by molar-refractivity contribution is -0.115. The van der Waals surface area contributed by atoms with E-state index in [4.69, 9.17) is 9.47 Å². The molecule has 1 saturated heterocycles. The Morgan fingerprint density at radius 1 is 1.03 bits per heavy atom. The minimum atomic E-state index is -0.425. The Hall–Kier alpha value is -3.91. The monoisotopic (exact) mass is 476 g/mol. The number of hydrogen-bond acceptors (Lipinski definition) is 5. The van der Waals surface area contributed by atoms with Gasteiger partial charge >= 0.3 is 0 Å². The Morgan fingerprint density at radius 2 is 1.79 bits per heavy atom. The molecule has 3 aromatic rings. The van der Waals surface area contributed by atoms with Crippen LogP contribution in [0.25, 0.3) is 6.08 Å². The molecule has 2 amide bonds. The van der Waals surface area contributed by atoms with Crippen molar-refractivity contribution < 1.29 is 23.5 Å². The van der Waals surface area contributed by atoms with Crippen molar-refractivity contribution in [1.82, 2.24) is 5.32 Å². The van der Waals surface area contributed by atoms with Gasteiger partial charge in [-0.1, -0.05) is 36.4 Å². The van der Waals surface area contributed by atoms with Crippen LogP contribution in [0.5, 0.6) is 11.5 Å². The average Bonchev–Trinajstić information content (AvgIpc) is 3.18. The fraction of sp³-hybridized carbons (Fsp3) is 0.115. The summed E-state index contributed by atoms with van der Waals surface area (Å²) >= 11 is 1.10. The zero-order valence-corrected chi connectivity index (χ0v) is 19.1. The molecule has 0 atom stereocenters. The summed E-state index contributed by atoms with van der Waals surface area (Å²) < 4.78 is 24.7. The molecule has 1 aliphatic rings. The molecule has 1 N–H and O–H groups in total. The molecule has 4 rings (SSSR count). The molecule has 1 aliphatic heterocycles. The molecule has 3 aromatic carbocycles. The average molecular weight is 477 g/mol. The predicted molar refractivity (Wildman–Crippen MR) is 130 cm³/mol. The van der Waals surface area contributed by atoms with E-state index in [1.165, 1.54) is 12.1 Å². The summed E-state index contributed by atoms with van der Waals surface area (Å²) in [7, 11) is 0. The van der Waals surface area contributed by atoms with Crippen molar-refractivity contribution in [3.8, 4) is 11.5 Å². The van der Waals surface area contributed by atoms with Gasteiger partial charge in [-0.25, -0.2) is 4.39 Å². The van der Waals surface area contributed by atoms with Crippen molar-refractivity contribution >= 4 is 34.8 Å². The molecule has 0 saturated carbocycles. The van der Waals surface area contributed by atoms with Gasteiger partial charge in [0.25, 0.3) is 11.8 Å². The second kappa shape index (κ2) is 10.8. The summed E-state index contributed by atoms with van der Waals surface area (Å²) in [5, 5.41) is 2.85. The van der Waals surface area contributed by atoms with Crippen molar-refractivity contribution in [3.63, 3.8) is 0 Å². The summed E-state index contributed by atoms with van der Waals surface area (Å²) in [5.74, 6) is -0.00387. The molecule has 0 radical (unpaired) electrons. The number of halogens is 1. The van der Waals surface area contributed by atoms with Gasteiger partial charge in [0.1, 0.15) is 12.4 Å². The lowest BCUT2D eigenvalue weighted by Gasteiger charge is -2.13. The molecule has 8 heteroatoms. The molecule has 172 valence electrons. The number of hydrogen-bond donors (Lipinski definition) is 1. The topological polar surface area (TPSA) is 77.0 Å². The van der Waals surface area contributed by atoms with Crippen LogP contribution in [0.3, 0.4) is 0 Å². The number of aliphatic imine (C=N–C) groups is 1. The van der Waals surface area contributed by atoms with Crippen molar-refractivity contribution in [2.45, 2.75) is 13.5 Å². The van der Waals surface area contributed by atoms with Crippen LogP contribution in [0.1, 0.15) is 28.4 Å². The summed E-state index contributed by atoms with van der Waals surface area (Å²) in [6.07, 6.45) is 1.70. The largest absolute Gasteiger partial charge is 0.490 e. The van der Waals surface area contributed by atoms with Gasteiger partial charge in [-0.05, 0) is 72.3 Å². The predicted octanol–water partition coefficient (Wildman–Crippen LogP) is 5.20. The number of benzene rings is 3. The third-order valence-corrected chi connectivity index (χ3v) is 5.66. The molecule has 1 heterocycles. The van der Waals surface area contributed by atoms with Crippen LogP contribution in [0.2, 0.25) is 0 Å². The first-order chi connectivity index (χ1) is 16.5. The first-order valence-electron chi connectivity index (χ1n) is 10.5. The zero-order valence-electron chi connectivity index (χ0n) is 18.3. The van der Waals surface area contributed by atoms with Gasteiger partial charge in [-0.3, -0.25) is 9.59 Å². The van der Waals surface area contributed by atoms with Crippen molar-refractivity contribution in [2.24, 2.45) is 4.99 Å². The number of ether oxygens (including phenoxy) is 2.